The van der Waals surface area contributed by atoms with Crippen LogP contribution >= 0.6 is 0 Å². The van der Waals surface area contributed by atoms with Crippen LogP contribution in [-0.2, 0) is 0 Å². The van der Waals surface area contributed by atoms with Gasteiger partial charge in [0.2, 0.25) is 5.96 Å². The number of guanidine groups is 1. The standard InChI is InChI=1S/C11H16N4/c1-2-6-10(14-15-11(12)13)9-7-4-3-5-8-9/h3-5,7-8H,2,6H2,1H3,(H4,12,13,15). The van der Waals surface area contributed by atoms with Crippen LogP contribution in [0, 0.1) is 0 Å². The van der Waals surface area contributed by atoms with Gasteiger partial charge < -0.3 is 11.5 Å². The Morgan fingerprint density at radius 1 is 1.13 bits per heavy atom. The Hall–Kier alpha value is -1.84. The molecular weight excluding hydrogens is 188 g/mol. The van der Waals surface area contributed by atoms with E-state index in [-0.39, 0.29) is 5.96 Å². The summed E-state index contributed by atoms with van der Waals surface area (Å²) in [4.78, 5) is 0. The van der Waals surface area contributed by atoms with Gasteiger partial charge in [0.15, 0.2) is 0 Å². The van der Waals surface area contributed by atoms with Crippen molar-refractivity contribution in [3.05, 3.63) is 35.9 Å². The fraction of sp³-hybridized carbons (Fsp3) is 0.273. The van der Waals surface area contributed by atoms with E-state index < -0.39 is 0 Å². The quantitative estimate of drug-likeness (QED) is 0.442. The summed E-state index contributed by atoms with van der Waals surface area (Å²) >= 11 is 0. The van der Waals surface area contributed by atoms with Crippen molar-refractivity contribution in [2.24, 2.45) is 21.7 Å². The first-order valence-electron chi connectivity index (χ1n) is 4.95. The predicted octanol–water partition coefficient (Wildman–Crippen LogP) is 1.46. The minimum Gasteiger partial charge on any atom is -0.369 e. The summed E-state index contributed by atoms with van der Waals surface area (Å²) in [7, 11) is 0. The van der Waals surface area contributed by atoms with Gasteiger partial charge in [-0.2, -0.15) is 5.10 Å². The second-order valence-corrected chi connectivity index (χ2v) is 3.19. The number of benzene rings is 1. The van der Waals surface area contributed by atoms with Gasteiger partial charge in [0.1, 0.15) is 0 Å². The highest BCUT2D eigenvalue weighted by atomic mass is 15.3. The molecule has 0 radical (unpaired) electrons. The molecule has 0 amide bonds. The molecule has 0 aliphatic rings. The van der Waals surface area contributed by atoms with Crippen molar-refractivity contribution in [3.8, 4) is 0 Å². The van der Waals surface area contributed by atoms with Crippen LogP contribution in [0.2, 0.25) is 0 Å². The fourth-order valence-electron chi connectivity index (χ4n) is 1.24. The van der Waals surface area contributed by atoms with Crippen LogP contribution in [0.25, 0.3) is 0 Å². The van der Waals surface area contributed by atoms with E-state index in [0.717, 1.165) is 24.1 Å². The van der Waals surface area contributed by atoms with Gasteiger partial charge >= 0.3 is 0 Å². The Balaban J connectivity index is 2.93. The first kappa shape index (κ1) is 11.2. The van der Waals surface area contributed by atoms with Crippen molar-refractivity contribution < 1.29 is 0 Å². The fourth-order valence-corrected chi connectivity index (χ4v) is 1.24. The topological polar surface area (TPSA) is 76.8 Å². The zero-order valence-electron chi connectivity index (χ0n) is 8.85. The molecule has 15 heavy (non-hydrogen) atoms. The van der Waals surface area contributed by atoms with Crippen LogP contribution in [0.4, 0.5) is 0 Å². The Kier molecular flexibility index (Phi) is 4.34. The Morgan fingerprint density at radius 3 is 2.33 bits per heavy atom. The molecule has 0 unspecified atom stereocenters. The molecular formula is C11H16N4. The summed E-state index contributed by atoms with van der Waals surface area (Å²) < 4.78 is 0. The number of hydrogen-bond acceptors (Lipinski definition) is 2. The van der Waals surface area contributed by atoms with Crippen molar-refractivity contribution >= 4 is 11.7 Å². The number of nitrogens with two attached hydrogens (primary N) is 2. The maximum absolute atomic E-state index is 5.24. The molecule has 0 fully saturated rings. The maximum Gasteiger partial charge on any atom is 0.211 e. The molecule has 0 aromatic heterocycles. The van der Waals surface area contributed by atoms with Gasteiger partial charge in [0, 0.05) is 0 Å². The van der Waals surface area contributed by atoms with E-state index in [0.29, 0.717) is 0 Å². The summed E-state index contributed by atoms with van der Waals surface area (Å²) in [5, 5.41) is 7.72. The molecule has 4 heteroatoms. The molecule has 1 aromatic carbocycles. The lowest BCUT2D eigenvalue weighted by atomic mass is 10.1. The molecule has 0 atom stereocenters. The third-order valence-electron chi connectivity index (χ3n) is 1.88. The Bertz CT molecular complexity index is 350. The lowest BCUT2D eigenvalue weighted by Crippen LogP contribution is -2.22. The van der Waals surface area contributed by atoms with E-state index in [9.17, 15) is 0 Å². The average Bonchev–Trinajstić information content (AvgIpc) is 2.25. The predicted molar refractivity (Wildman–Crippen MR) is 63.7 cm³/mol. The van der Waals surface area contributed by atoms with Crippen molar-refractivity contribution in [1.29, 1.82) is 0 Å². The second-order valence-electron chi connectivity index (χ2n) is 3.19. The van der Waals surface area contributed by atoms with Gasteiger partial charge in [-0.15, -0.1) is 5.10 Å². The molecule has 1 aromatic rings. The summed E-state index contributed by atoms with van der Waals surface area (Å²) in [6.45, 7) is 2.09. The highest BCUT2D eigenvalue weighted by molar-refractivity contribution is 6.00. The van der Waals surface area contributed by atoms with Gasteiger partial charge in [-0.1, -0.05) is 43.7 Å². The molecule has 0 aliphatic heterocycles. The molecule has 4 nitrogen and oxygen atoms in total. The van der Waals surface area contributed by atoms with Gasteiger partial charge in [0.05, 0.1) is 5.71 Å². The van der Waals surface area contributed by atoms with Crippen LogP contribution in [0.15, 0.2) is 40.5 Å². The van der Waals surface area contributed by atoms with Crippen LogP contribution in [-0.4, -0.2) is 11.7 Å². The Labute approximate surface area is 89.7 Å². The normalized spacial score (nSPS) is 11.1. The molecule has 0 bridgehead atoms. The highest BCUT2D eigenvalue weighted by Crippen LogP contribution is 2.06. The molecule has 0 spiro atoms. The SMILES string of the molecule is CCCC(=NN=C(N)N)c1ccccc1. The Morgan fingerprint density at radius 2 is 1.80 bits per heavy atom. The zero-order valence-corrected chi connectivity index (χ0v) is 8.85. The minimum absolute atomic E-state index is 0.0143. The van der Waals surface area contributed by atoms with E-state index in [1.807, 2.05) is 30.3 Å². The molecule has 1 rings (SSSR count). The summed E-state index contributed by atoms with van der Waals surface area (Å²) in [6, 6.07) is 9.90. The largest absolute Gasteiger partial charge is 0.369 e. The van der Waals surface area contributed by atoms with Crippen LogP contribution in [0.5, 0.6) is 0 Å². The van der Waals surface area contributed by atoms with E-state index in [1.165, 1.54) is 0 Å². The third-order valence-corrected chi connectivity index (χ3v) is 1.88. The van der Waals surface area contributed by atoms with E-state index >= 15 is 0 Å². The second kappa shape index (κ2) is 5.80. The van der Waals surface area contributed by atoms with Crippen LogP contribution in [0.1, 0.15) is 25.3 Å². The third kappa shape index (κ3) is 3.81. The maximum atomic E-state index is 5.24. The molecule has 0 heterocycles. The van der Waals surface area contributed by atoms with Crippen molar-refractivity contribution in [3.63, 3.8) is 0 Å². The lowest BCUT2D eigenvalue weighted by molar-refractivity contribution is 0.981. The highest BCUT2D eigenvalue weighted by Gasteiger charge is 2.01. The van der Waals surface area contributed by atoms with Crippen LogP contribution < -0.4 is 11.5 Å². The van der Waals surface area contributed by atoms with Gasteiger partial charge in [-0.25, -0.2) is 0 Å². The van der Waals surface area contributed by atoms with E-state index in [4.69, 9.17) is 11.5 Å². The minimum atomic E-state index is -0.0143. The molecule has 4 N–H and O–H groups in total. The molecule has 0 aliphatic carbocycles. The number of rotatable bonds is 4. The average molecular weight is 204 g/mol. The zero-order chi connectivity index (χ0) is 11.1. The van der Waals surface area contributed by atoms with E-state index in [2.05, 4.69) is 17.1 Å². The van der Waals surface area contributed by atoms with Gasteiger partial charge in [0.25, 0.3) is 0 Å². The van der Waals surface area contributed by atoms with Gasteiger partial charge in [-0.05, 0) is 12.0 Å². The van der Waals surface area contributed by atoms with Crippen molar-refractivity contribution in [1.82, 2.24) is 0 Å². The number of hydrogen-bond donors (Lipinski definition) is 2. The molecule has 80 valence electrons. The summed E-state index contributed by atoms with van der Waals surface area (Å²) in [5.74, 6) is -0.0143. The lowest BCUT2D eigenvalue weighted by Gasteiger charge is -2.02. The molecule has 0 saturated carbocycles. The van der Waals surface area contributed by atoms with Crippen molar-refractivity contribution in [2.45, 2.75) is 19.8 Å². The van der Waals surface area contributed by atoms with Gasteiger partial charge in [-0.3, -0.25) is 0 Å². The summed E-state index contributed by atoms with van der Waals surface area (Å²) in [5.41, 5.74) is 12.4. The monoisotopic (exact) mass is 204 g/mol. The first-order valence-corrected chi connectivity index (χ1v) is 4.95. The van der Waals surface area contributed by atoms with Crippen LogP contribution in [0.3, 0.4) is 0 Å². The smallest absolute Gasteiger partial charge is 0.211 e. The van der Waals surface area contributed by atoms with Crippen molar-refractivity contribution in [2.75, 3.05) is 0 Å². The molecule has 0 saturated heterocycles. The summed E-state index contributed by atoms with van der Waals surface area (Å²) in [6.07, 6.45) is 1.87. The number of nitrogens with zero attached hydrogens (tertiary/aromatic N) is 2. The van der Waals surface area contributed by atoms with E-state index in [1.54, 1.807) is 0 Å². The first-order chi connectivity index (χ1) is 7.24.